The van der Waals surface area contributed by atoms with Crippen molar-refractivity contribution >= 4 is 11.9 Å². The van der Waals surface area contributed by atoms with Crippen molar-refractivity contribution in [2.45, 2.75) is 32.1 Å². The number of aliphatic imine (C=N–C) groups is 1. The number of benzene rings is 1. The van der Waals surface area contributed by atoms with Crippen LogP contribution in [0.4, 0.5) is 8.78 Å². The first-order valence-corrected chi connectivity index (χ1v) is 10.9. The number of carbonyl (C=O) groups excluding carboxylic acids is 1. The zero-order chi connectivity index (χ0) is 21.5. The fourth-order valence-electron chi connectivity index (χ4n) is 4.14. The van der Waals surface area contributed by atoms with E-state index in [4.69, 9.17) is 0 Å². The van der Waals surface area contributed by atoms with Crippen molar-refractivity contribution in [2.24, 2.45) is 4.99 Å². The van der Waals surface area contributed by atoms with Crippen LogP contribution < -0.4 is 5.32 Å². The van der Waals surface area contributed by atoms with Crippen molar-refractivity contribution in [3.63, 3.8) is 0 Å². The lowest BCUT2D eigenvalue weighted by molar-refractivity contribution is -0.133. The van der Waals surface area contributed by atoms with Crippen LogP contribution in [0.2, 0.25) is 0 Å². The highest BCUT2D eigenvalue weighted by molar-refractivity contribution is 5.80. The van der Waals surface area contributed by atoms with Crippen LogP contribution in [0.1, 0.15) is 37.7 Å². The molecule has 8 heteroatoms. The van der Waals surface area contributed by atoms with Gasteiger partial charge in [0.25, 0.3) is 0 Å². The number of rotatable bonds is 5. The highest BCUT2D eigenvalue weighted by Crippen LogP contribution is 2.19. The van der Waals surface area contributed by atoms with Crippen LogP contribution >= 0.6 is 0 Å². The Hall–Kier alpha value is -2.22. The summed E-state index contributed by atoms with van der Waals surface area (Å²) in [5, 5.41) is 3.31. The van der Waals surface area contributed by atoms with E-state index in [-0.39, 0.29) is 11.8 Å². The molecule has 6 nitrogen and oxygen atoms in total. The van der Waals surface area contributed by atoms with Crippen LogP contribution in [0, 0.1) is 11.6 Å². The first kappa shape index (κ1) is 22.5. The summed E-state index contributed by atoms with van der Waals surface area (Å²) in [6.45, 7) is 7.86. The lowest BCUT2D eigenvalue weighted by Gasteiger charge is -2.37. The molecule has 1 amide bonds. The second-order valence-electron chi connectivity index (χ2n) is 8.20. The number of hydrogen-bond acceptors (Lipinski definition) is 3. The molecule has 0 spiro atoms. The van der Waals surface area contributed by atoms with E-state index in [9.17, 15) is 13.6 Å². The number of hydrogen-bond donors (Lipinski definition) is 1. The molecular weight excluding hydrogens is 388 g/mol. The van der Waals surface area contributed by atoms with Crippen LogP contribution in [0.15, 0.2) is 23.2 Å². The van der Waals surface area contributed by atoms with Crippen molar-refractivity contribution in [1.29, 1.82) is 0 Å². The molecule has 0 aliphatic carbocycles. The van der Waals surface area contributed by atoms with Crippen molar-refractivity contribution in [2.75, 3.05) is 59.4 Å². The van der Waals surface area contributed by atoms with Crippen molar-refractivity contribution in [3.05, 3.63) is 35.4 Å². The van der Waals surface area contributed by atoms with E-state index in [0.717, 1.165) is 64.1 Å². The Kier molecular flexibility index (Phi) is 8.01. The average molecular weight is 422 g/mol. The highest BCUT2D eigenvalue weighted by atomic mass is 19.1. The highest BCUT2D eigenvalue weighted by Gasteiger charge is 2.24. The normalized spacial score (nSPS) is 19.7. The lowest BCUT2D eigenvalue weighted by atomic mass is 10.0. The summed E-state index contributed by atoms with van der Waals surface area (Å²) in [5.41, 5.74) is 0.486. The number of halogens is 2. The predicted molar refractivity (Wildman–Crippen MR) is 115 cm³/mol. The van der Waals surface area contributed by atoms with Gasteiger partial charge >= 0.3 is 0 Å². The zero-order valence-electron chi connectivity index (χ0n) is 18.0. The Bertz CT molecular complexity index is 743. The smallest absolute Gasteiger partial charge is 0.236 e. The molecule has 30 heavy (non-hydrogen) atoms. The predicted octanol–water partition coefficient (Wildman–Crippen LogP) is 2.27. The Morgan fingerprint density at radius 3 is 2.40 bits per heavy atom. The third-order valence-corrected chi connectivity index (χ3v) is 6.01. The van der Waals surface area contributed by atoms with Crippen molar-refractivity contribution in [1.82, 2.24) is 20.0 Å². The van der Waals surface area contributed by atoms with Crippen LogP contribution in [0.3, 0.4) is 0 Å². The monoisotopic (exact) mass is 421 g/mol. The Labute approximate surface area is 177 Å². The Morgan fingerprint density at radius 1 is 1.07 bits per heavy atom. The third-order valence-electron chi connectivity index (χ3n) is 6.01. The number of piperazine rings is 1. The first-order chi connectivity index (χ1) is 14.5. The van der Waals surface area contributed by atoms with Crippen molar-refractivity contribution < 1.29 is 13.6 Å². The van der Waals surface area contributed by atoms with E-state index in [1.54, 1.807) is 7.05 Å². The van der Waals surface area contributed by atoms with Gasteiger partial charge in [0.2, 0.25) is 5.91 Å². The maximum atomic E-state index is 14.0. The molecule has 0 radical (unpaired) electrons. The molecule has 0 aromatic heterocycles. The first-order valence-electron chi connectivity index (χ1n) is 10.9. The molecule has 0 bridgehead atoms. The lowest BCUT2D eigenvalue weighted by Crippen LogP contribution is -2.54. The van der Waals surface area contributed by atoms with E-state index in [1.807, 2.05) is 11.8 Å². The molecule has 1 aromatic carbocycles. The van der Waals surface area contributed by atoms with Gasteiger partial charge < -0.3 is 15.1 Å². The van der Waals surface area contributed by atoms with Crippen molar-refractivity contribution in [3.8, 4) is 0 Å². The molecule has 1 atom stereocenters. The number of guanidine groups is 1. The van der Waals surface area contributed by atoms with E-state index in [0.29, 0.717) is 18.7 Å². The van der Waals surface area contributed by atoms with Gasteiger partial charge in [-0.05, 0) is 30.9 Å². The second-order valence-corrected chi connectivity index (χ2v) is 8.20. The zero-order valence-corrected chi connectivity index (χ0v) is 18.0. The summed E-state index contributed by atoms with van der Waals surface area (Å²) < 4.78 is 27.1. The number of amides is 1. The number of nitrogens with zero attached hydrogens (tertiary/aromatic N) is 4. The van der Waals surface area contributed by atoms with E-state index in [1.165, 1.54) is 18.6 Å². The van der Waals surface area contributed by atoms with Crippen LogP contribution in [0.5, 0.6) is 0 Å². The molecule has 2 saturated heterocycles. The summed E-state index contributed by atoms with van der Waals surface area (Å²) in [6.07, 6.45) is 3.45. The standard InChI is InChI=1S/C22H33F2N5O/c1-17(19-7-6-18(23)14-20(19)24)15-26-22(25-2)29-12-10-27(11-13-29)16-21(30)28-8-4-3-5-9-28/h6-7,14,17H,3-5,8-13,15-16H2,1-2H3,(H,25,26). The van der Waals surface area contributed by atoms with E-state index < -0.39 is 11.6 Å². The molecule has 1 N–H and O–H groups in total. The van der Waals surface area contributed by atoms with Gasteiger partial charge in [-0.15, -0.1) is 0 Å². The van der Waals surface area contributed by atoms with Gasteiger partial charge in [-0.2, -0.15) is 0 Å². The topological polar surface area (TPSA) is 51.2 Å². The summed E-state index contributed by atoms with van der Waals surface area (Å²) in [4.78, 5) is 23.2. The Balaban J connectivity index is 1.45. The molecule has 0 saturated carbocycles. The second kappa shape index (κ2) is 10.7. The molecule has 1 unspecified atom stereocenters. The molecule has 2 fully saturated rings. The summed E-state index contributed by atoms with van der Waals surface area (Å²) in [5.74, 6) is -0.201. The van der Waals surface area contributed by atoms with E-state index >= 15 is 0 Å². The van der Waals surface area contributed by atoms with Gasteiger partial charge in [0, 0.05) is 64.8 Å². The van der Waals surface area contributed by atoms with Gasteiger partial charge in [-0.3, -0.25) is 14.7 Å². The molecule has 2 aliphatic heterocycles. The summed E-state index contributed by atoms with van der Waals surface area (Å²) in [7, 11) is 1.73. The minimum absolute atomic E-state index is 0.120. The third kappa shape index (κ3) is 5.90. The number of carbonyl (C=O) groups is 1. The molecule has 2 heterocycles. The minimum Gasteiger partial charge on any atom is -0.356 e. The average Bonchev–Trinajstić information content (AvgIpc) is 2.75. The Morgan fingerprint density at radius 2 is 1.77 bits per heavy atom. The fourth-order valence-corrected chi connectivity index (χ4v) is 4.14. The molecular formula is C22H33F2N5O. The van der Waals surface area contributed by atoms with Gasteiger partial charge in [-0.1, -0.05) is 13.0 Å². The van der Waals surface area contributed by atoms with Gasteiger partial charge in [0.05, 0.1) is 6.54 Å². The molecule has 166 valence electrons. The van der Waals surface area contributed by atoms with Gasteiger partial charge in [0.15, 0.2) is 5.96 Å². The van der Waals surface area contributed by atoms with E-state index in [2.05, 4.69) is 20.1 Å². The van der Waals surface area contributed by atoms with Crippen LogP contribution in [0.25, 0.3) is 0 Å². The number of nitrogens with one attached hydrogen (secondary N) is 1. The molecule has 2 aliphatic rings. The minimum atomic E-state index is -0.566. The van der Waals surface area contributed by atoms with Gasteiger partial charge in [0.1, 0.15) is 11.6 Å². The summed E-state index contributed by atoms with van der Waals surface area (Å²) >= 11 is 0. The quantitative estimate of drug-likeness (QED) is 0.586. The van der Waals surface area contributed by atoms with Gasteiger partial charge in [-0.25, -0.2) is 8.78 Å². The molecule has 1 aromatic rings. The maximum Gasteiger partial charge on any atom is 0.236 e. The largest absolute Gasteiger partial charge is 0.356 e. The summed E-state index contributed by atoms with van der Waals surface area (Å²) in [6, 6.07) is 3.71. The number of likely N-dealkylation sites (tertiary alicyclic amines) is 1. The number of piperidine rings is 1. The van der Waals surface area contributed by atoms with Crippen LogP contribution in [-0.4, -0.2) is 86.0 Å². The van der Waals surface area contributed by atoms with Crippen LogP contribution in [-0.2, 0) is 4.79 Å². The maximum absolute atomic E-state index is 14.0. The molecule has 3 rings (SSSR count). The SMILES string of the molecule is CN=C(NCC(C)c1ccc(F)cc1F)N1CCN(CC(=O)N2CCCCC2)CC1. The fraction of sp³-hybridized carbons (Fsp3) is 0.636.